The number of hydrogen-bond acceptors (Lipinski definition) is 3. The second-order valence-electron chi connectivity index (χ2n) is 9.22. The van der Waals surface area contributed by atoms with Crippen LogP contribution in [0.2, 0.25) is 0 Å². The molecule has 31 heavy (non-hydrogen) atoms. The summed E-state index contributed by atoms with van der Waals surface area (Å²) >= 11 is 0. The zero-order chi connectivity index (χ0) is 21.6. The number of halogens is 2. The monoisotopic (exact) mass is 422 g/mol. The summed E-state index contributed by atoms with van der Waals surface area (Å²) in [7, 11) is 0. The van der Waals surface area contributed by atoms with Crippen LogP contribution in [0.5, 0.6) is 5.75 Å². The molecule has 6 rings (SSSR count). The van der Waals surface area contributed by atoms with Gasteiger partial charge in [0.2, 0.25) is 5.91 Å². The van der Waals surface area contributed by atoms with Crippen molar-refractivity contribution in [2.45, 2.75) is 37.9 Å². The van der Waals surface area contributed by atoms with E-state index in [0.717, 1.165) is 19.3 Å². The van der Waals surface area contributed by atoms with Crippen LogP contribution in [0, 0.1) is 34.4 Å². The quantitative estimate of drug-likeness (QED) is 0.695. The molecule has 2 aromatic carbocycles. The molecule has 3 atom stereocenters. The summed E-state index contributed by atoms with van der Waals surface area (Å²) in [5, 5.41) is 9.03. The number of carbonyl (C=O) groups excluding carboxylic acids is 1. The smallest absolute Gasteiger partial charge is 0.229 e. The molecule has 4 nitrogen and oxygen atoms in total. The number of rotatable bonds is 5. The van der Waals surface area contributed by atoms with Gasteiger partial charge in [0.1, 0.15) is 17.7 Å². The highest BCUT2D eigenvalue weighted by molar-refractivity contribution is 5.85. The second kappa shape index (κ2) is 7.64. The van der Waals surface area contributed by atoms with Crippen LogP contribution >= 0.6 is 0 Å². The topological polar surface area (TPSA) is 53.3 Å². The summed E-state index contributed by atoms with van der Waals surface area (Å²) < 4.78 is 34.0. The number of ether oxygens (including phenoxy) is 1. The first-order valence-corrected chi connectivity index (χ1v) is 10.8. The van der Waals surface area contributed by atoms with E-state index < -0.39 is 17.6 Å². The largest absolute Gasteiger partial charge is 0.493 e. The molecular weight excluding hydrogens is 398 g/mol. The fourth-order valence-corrected chi connectivity index (χ4v) is 5.77. The molecule has 0 N–H and O–H groups in total. The van der Waals surface area contributed by atoms with Gasteiger partial charge in [-0.05, 0) is 67.0 Å². The summed E-state index contributed by atoms with van der Waals surface area (Å²) in [6, 6.07) is 14.9. The molecule has 3 saturated carbocycles. The van der Waals surface area contributed by atoms with Crippen molar-refractivity contribution in [3.63, 3.8) is 0 Å². The third-order valence-corrected chi connectivity index (χ3v) is 7.25. The Kier molecular flexibility index (Phi) is 4.92. The molecule has 2 aromatic rings. The van der Waals surface area contributed by atoms with E-state index in [4.69, 9.17) is 10.00 Å². The van der Waals surface area contributed by atoms with Gasteiger partial charge in [-0.3, -0.25) is 4.79 Å². The number of nitrogens with zero attached hydrogens (tertiary/aromatic N) is 2. The normalized spacial score (nSPS) is 31.2. The predicted octanol–water partition coefficient (Wildman–Crippen LogP) is 4.80. The van der Waals surface area contributed by atoms with Gasteiger partial charge in [-0.2, -0.15) is 5.26 Å². The Morgan fingerprint density at radius 1 is 1.19 bits per heavy atom. The van der Waals surface area contributed by atoms with Gasteiger partial charge in [0.15, 0.2) is 0 Å². The molecule has 3 aliphatic carbocycles. The Labute approximate surface area is 180 Å². The molecule has 2 bridgehead atoms. The molecule has 4 fully saturated rings. The number of fused-ring (bicyclic) bond motifs is 1. The van der Waals surface area contributed by atoms with Crippen LogP contribution in [-0.4, -0.2) is 30.1 Å². The van der Waals surface area contributed by atoms with Crippen LogP contribution in [0.3, 0.4) is 0 Å². The Hall–Kier alpha value is -2.94. The molecule has 4 aliphatic rings. The number of alkyl halides is 1. The van der Waals surface area contributed by atoms with E-state index in [1.54, 1.807) is 35.2 Å². The Bertz CT molecular complexity index is 1040. The van der Waals surface area contributed by atoms with Crippen LogP contribution < -0.4 is 4.74 Å². The summed E-state index contributed by atoms with van der Waals surface area (Å²) in [5.74, 6) is 1.000. The SMILES string of the molecule is N#Cc1cccc(OC[C@@H]2CC3(C(=O)N4CC(F)CC4c4cccc(F)c4)CC2C3)c1. The van der Waals surface area contributed by atoms with Gasteiger partial charge in [0.25, 0.3) is 0 Å². The first-order valence-electron chi connectivity index (χ1n) is 10.8. The number of nitriles is 1. The Morgan fingerprint density at radius 3 is 2.77 bits per heavy atom. The van der Waals surface area contributed by atoms with Gasteiger partial charge in [0.05, 0.1) is 36.2 Å². The van der Waals surface area contributed by atoms with Gasteiger partial charge in [-0.1, -0.05) is 18.2 Å². The van der Waals surface area contributed by atoms with Crippen molar-refractivity contribution in [1.29, 1.82) is 5.26 Å². The second-order valence-corrected chi connectivity index (χ2v) is 9.22. The molecule has 1 amide bonds. The van der Waals surface area contributed by atoms with E-state index in [-0.39, 0.29) is 30.6 Å². The zero-order valence-electron chi connectivity index (χ0n) is 17.1. The molecule has 2 unspecified atom stereocenters. The van der Waals surface area contributed by atoms with Crippen molar-refractivity contribution in [2.75, 3.05) is 13.2 Å². The lowest BCUT2D eigenvalue weighted by Crippen LogP contribution is -2.46. The highest BCUT2D eigenvalue weighted by Crippen LogP contribution is 2.63. The average Bonchev–Trinajstić information content (AvgIpc) is 3.43. The minimum absolute atomic E-state index is 0.00661. The number of hydrogen-bond donors (Lipinski definition) is 0. The molecule has 1 aliphatic heterocycles. The third-order valence-electron chi connectivity index (χ3n) is 7.25. The zero-order valence-corrected chi connectivity index (χ0v) is 17.1. The maximum Gasteiger partial charge on any atom is 0.229 e. The summed E-state index contributed by atoms with van der Waals surface area (Å²) in [5.41, 5.74) is 0.775. The van der Waals surface area contributed by atoms with Crippen molar-refractivity contribution in [3.8, 4) is 11.8 Å². The molecule has 1 saturated heterocycles. The maximum absolute atomic E-state index is 14.3. The standard InChI is InChI=1S/C25H24F2N2O2/c26-20-5-2-4-17(8-20)23-9-21(27)14-29(23)24(30)25-10-18(11-25)19(12-25)15-31-22-6-1-3-16(7-22)13-28/h1-8,18-19,21,23H,9-12,14-15H2/t18?,19-,21?,23?,25?/m0/s1. The Balaban J connectivity index is 1.27. The van der Waals surface area contributed by atoms with E-state index in [2.05, 4.69) is 6.07 Å². The Morgan fingerprint density at radius 2 is 2.00 bits per heavy atom. The van der Waals surface area contributed by atoms with Crippen molar-refractivity contribution < 1.29 is 18.3 Å². The van der Waals surface area contributed by atoms with Crippen LogP contribution in [0.1, 0.15) is 42.9 Å². The summed E-state index contributed by atoms with van der Waals surface area (Å²) in [6.45, 7) is 0.586. The average molecular weight is 422 g/mol. The lowest BCUT2D eigenvalue weighted by molar-refractivity contribution is -0.147. The van der Waals surface area contributed by atoms with E-state index in [1.807, 2.05) is 6.07 Å². The van der Waals surface area contributed by atoms with Crippen LogP contribution in [0.4, 0.5) is 8.78 Å². The van der Waals surface area contributed by atoms with Gasteiger partial charge >= 0.3 is 0 Å². The van der Waals surface area contributed by atoms with Gasteiger partial charge in [-0.25, -0.2) is 8.78 Å². The predicted molar refractivity (Wildman–Crippen MR) is 110 cm³/mol. The fourth-order valence-electron chi connectivity index (χ4n) is 5.77. The lowest BCUT2D eigenvalue weighted by atomic mass is 9.68. The summed E-state index contributed by atoms with van der Waals surface area (Å²) in [6.07, 6.45) is 1.48. The lowest BCUT2D eigenvalue weighted by Gasteiger charge is -2.41. The van der Waals surface area contributed by atoms with E-state index >= 15 is 0 Å². The fraction of sp³-hybridized carbons (Fsp3) is 0.440. The van der Waals surface area contributed by atoms with Gasteiger partial charge in [-0.15, -0.1) is 0 Å². The van der Waals surface area contributed by atoms with Crippen molar-refractivity contribution >= 4 is 5.91 Å². The summed E-state index contributed by atoms with van der Waals surface area (Å²) in [4.78, 5) is 15.2. The van der Waals surface area contributed by atoms with E-state index in [1.165, 1.54) is 12.1 Å². The first-order chi connectivity index (χ1) is 15.0. The van der Waals surface area contributed by atoms with Crippen LogP contribution in [-0.2, 0) is 4.79 Å². The van der Waals surface area contributed by atoms with Crippen molar-refractivity contribution in [3.05, 3.63) is 65.5 Å². The number of carbonyl (C=O) groups is 1. The molecule has 0 aromatic heterocycles. The van der Waals surface area contributed by atoms with Crippen LogP contribution in [0.15, 0.2) is 48.5 Å². The first kappa shape index (κ1) is 20.0. The highest BCUT2D eigenvalue weighted by atomic mass is 19.1. The van der Waals surface area contributed by atoms with E-state index in [0.29, 0.717) is 29.4 Å². The molecule has 0 spiro atoms. The minimum atomic E-state index is -1.09. The van der Waals surface area contributed by atoms with Crippen molar-refractivity contribution in [1.82, 2.24) is 4.90 Å². The number of likely N-dealkylation sites (tertiary alicyclic amines) is 1. The van der Waals surface area contributed by atoms with E-state index in [9.17, 15) is 13.6 Å². The number of amides is 1. The number of benzene rings is 2. The van der Waals surface area contributed by atoms with Gasteiger partial charge in [0, 0.05) is 6.42 Å². The highest BCUT2D eigenvalue weighted by Gasteiger charge is 2.62. The third kappa shape index (κ3) is 3.56. The molecule has 6 heteroatoms. The maximum atomic E-state index is 14.3. The molecular formula is C25H24F2N2O2. The van der Waals surface area contributed by atoms with Crippen LogP contribution in [0.25, 0.3) is 0 Å². The molecule has 0 radical (unpaired) electrons. The van der Waals surface area contributed by atoms with Crippen molar-refractivity contribution in [2.24, 2.45) is 17.3 Å². The molecule has 1 heterocycles. The molecule has 160 valence electrons. The van der Waals surface area contributed by atoms with Gasteiger partial charge < -0.3 is 9.64 Å². The minimum Gasteiger partial charge on any atom is -0.493 e.